The molecule has 2 aliphatic heterocycles. The fraction of sp³-hybridized carbons (Fsp3) is 0.692. The number of rotatable bonds is 2. The number of carbonyl (C=O) groups excluding carboxylic acids is 1. The van der Waals surface area contributed by atoms with Crippen LogP contribution < -0.4 is 0 Å². The summed E-state index contributed by atoms with van der Waals surface area (Å²) in [4.78, 5) is 25.0. The molecule has 1 amide bonds. The summed E-state index contributed by atoms with van der Waals surface area (Å²) >= 11 is 0. The number of carboxylic acids is 1. The number of aliphatic hydroxyl groups excluding tert-OH is 1. The highest BCUT2D eigenvalue weighted by Crippen LogP contribution is 2.36. The first-order chi connectivity index (χ1) is 8.41. The predicted octanol–water partition coefficient (Wildman–Crippen LogP) is 0.922. The van der Waals surface area contributed by atoms with Crippen LogP contribution in [-0.4, -0.2) is 45.2 Å². The molecule has 5 heteroatoms. The third-order valence-corrected chi connectivity index (χ3v) is 4.15. The van der Waals surface area contributed by atoms with Crippen molar-refractivity contribution in [2.75, 3.05) is 0 Å². The van der Waals surface area contributed by atoms with E-state index in [9.17, 15) is 14.7 Å². The molecule has 100 valence electrons. The normalized spacial score (nSPS) is 32.2. The van der Waals surface area contributed by atoms with E-state index in [0.29, 0.717) is 18.4 Å². The van der Waals surface area contributed by atoms with Gasteiger partial charge in [-0.2, -0.15) is 0 Å². The molecule has 0 aromatic carbocycles. The van der Waals surface area contributed by atoms with E-state index in [2.05, 4.69) is 0 Å². The van der Waals surface area contributed by atoms with Crippen molar-refractivity contribution in [3.63, 3.8) is 0 Å². The van der Waals surface area contributed by atoms with Gasteiger partial charge in [-0.05, 0) is 39.5 Å². The molecule has 2 N–H and O–H groups in total. The standard InChI is InChI=1S/C13H19NO4/c1-7(8(2)13(17)18)12(16)14-9-3-4-10(14)6-11(15)5-9/h9-11,15H,3-6H2,1-2H3,(H,17,18). The smallest absolute Gasteiger partial charge is 0.331 e. The van der Waals surface area contributed by atoms with Gasteiger partial charge in [0.05, 0.1) is 6.10 Å². The Morgan fingerprint density at radius 1 is 1.06 bits per heavy atom. The second-order valence-electron chi connectivity index (χ2n) is 5.28. The molecule has 2 atom stereocenters. The molecule has 2 saturated heterocycles. The molecule has 2 fully saturated rings. The van der Waals surface area contributed by atoms with E-state index in [4.69, 9.17) is 5.11 Å². The van der Waals surface area contributed by atoms with Gasteiger partial charge in [0.15, 0.2) is 0 Å². The van der Waals surface area contributed by atoms with Crippen molar-refractivity contribution < 1.29 is 19.8 Å². The lowest BCUT2D eigenvalue weighted by atomic mass is 9.98. The molecular weight excluding hydrogens is 234 g/mol. The van der Waals surface area contributed by atoms with E-state index in [-0.39, 0.29) is 29.7 Å². The van der Waals surface area contributed by atoms with Gasteiger partial charge in [0, 0.05) is 23.2 Å². The van der Waals surface area contributed by atoms with Crippen LogP contribution in [0.2, 0.25) is 0 Å². The van der Waals surface area contributed by atoms with Crippen LogP contribution in [0.3, 0.4) is 0 Å². The monoisotopic (exact) mass is 253 g/mol. The van der Waals surface area contributed by atoms with E-state index in [0.717, 1.165) is 12.8 Å². The van der Waals surface area contributed by atoms with Crippen LogP contribution in [0, 0.1) is 0 Å². The maximum atomic E-state index is 12.3. The van der Waals surface area contributed by atoms with E-state index in [1.807, 2.05) is 0 Å². The Kier molecular flexibility index (Phi) is 3.43. The highest BCUT2D eigenvalue weighted by molar-refractivity contribution is 6.01. The Morgan fingerprint density at radius 2 is 1.56 bits per heavy atom. The molecule has 2 aliphatic rings. The number of aliphatic hydroxyl groups is 1. The quantitative estimate of drug-likeness (QED) is 0.717. The second-order valence-corrected chi connectivity index (χ2v) is 5.28. The first-order valence-electron chi connectivity index (χ1n) is 6.33. The van der Waals surface area contributed by atoms with E-state index in [1.165, 1.54) is 6.92 Å². The van der Waals surface area contributed by atoms with E-state index < -0.39 is 5.97 Å². The maximum absolute atomic E-state index is 12.3. The molecular formula is C13H19NO4. The average Bonchev–Trinajstić information content (AvgIpc) is 2.58. The van der Waals surface area contributed by atoms with Crippen molar-refractivity contribution in [1.82, 2.24) is 4.90 Å². The SMILES string of the molecule is CC(C(=O)O)=C(C)C(=O)N1C2CCC1CC(O)C2. The van der Waals surface area contributed by atoms with Gasteiger partial charge in [0.2, 0.25) is 0 Å². The maximum Gasteiger partial charge on any atom is 0.331 e. The lowest BCUT2D eigenvalue weighted by Gasteiger charge is -2.37. The van der Waals surface area contributed by atoms with Crippen LogP contribution in [-0.2, 0) is 9.59 Å². The molecule has 0 aromatic heterocycles. The summed E-state index contributed by atoms with van der Waals surface area (Å²) < 4.78 is 0. The number of hydrogen-bond donors (Lipinski definition) is 2. The Labute approximate surface area is 106 Å². The van der Waals surface area contributed by atoms with Gasteiger partial charge in [-0.3, -0.25) is 4.79 Å². The van der Waals surface area contributed by atoms with Crippen molar-refractivity contribution in [3.8, 4) is 0 Å². The first kappa shape index (κ1) is 13.1. The summed E-state index contributed by atoms with van der Waals surface area (Å²) in [5, 5.41) is 18.6. The first-order valence-corrected chi connectivity index (χ1v) is 6.33. The number of piperidine rings is 1. The van der Waals surface area contributed by atoms with Crippen LogP contribution in [0.1, 0.15) is 39.5 Å². The summed E-state index contributed by atoms with van der Waals surface area (Å²) in [7, 11) is 0. The molecule has 18 heavy (non-hydrogen) atoms. The van der Waals surface area contributed by atoms with Gasteiger partial charge in [-0.1, -0.05) is 0 Å². The summed E-state index contributed by atoms with van der Waals surface area (Å²) in [6.45, 7) is 3.02. The third kappa shape index (κ3) is 2.14. The topological polar surface area (TPSA) is 77.8 Å². The lowest BCUT2D eigenvalue weighted by molar-refractivity contribution is -0.136. The summed E-state index contributed by atoms with van der Waals surface area (Å²) in [6, 6.07) is 0.144. The molecule has 0 saturated carbocycles. The van der Waals surface area contributed by atoms with Crippen molar-refractivity contribution in [1.29, 1.82) is 0 Å². The number of carboxylic acid groups (broad SMARTS) is 1. The molecule has 0 radical (unpaired) electrons. The number of fused-ring (bicyclic) bond motifs is 2. The second kappa shape index (κ2) is 4.72. The fourth-order valence-corrected chi connectivity index (χ4v) is 2.99. The zero-order chi connectivity index (χ0) is 13.4. The minimum Gasteiger partial charge on any atom is -0.478 e. The average molecular weight is 253 g/mol. The number of hydrogen-bond acceptors (Lipinski definition) is 3. The van der Waals surface area contributed by atoms with Crippen molar-refractivity contribution >= 4 is 11.9 Å². The number of carbonyl (C=O) groups is 2. The lowest BCUT2D eigenvalue weighted by Crippen LogP contribution is -2.48. The number of aliphatic carboxylic acids is 1. The van der Waals surface area contributed by atoms with E-state index >= 15 is 0 Å². The largest absolute Gasteiger partial charge is 0.478 e. The van der Waals surface area contributed by atoms with Crippen LogP contribution in [0.4, 0.5) is 0 Å². The molecule has 2 rings (SSSR count). The van der Waals surface area contributed by atoms with Crippen LogP contribution in [0.25, 0.3) is 0 Å². The Hall–Kier alpha value is -1.36. The molecule has 0 spiro atoms. The predicted molar refractivity (Wildman–Crippen MR) is 64.9 cm³/mol. The highest BCUT2D eigenvalue weighted by Gasteiger charge is 2.43. The molecule has 5 nitrogen and oxygen atoms in total. The fourth-order valence-electron chi connectivity index (χ4n) is 2.99. The molecule has 2 unspecified atom stereocenters. The number of amides is 1. The van der Waals surface area contributed by atoms with Crippen molar-refractivity contribution in [3.05, 3.63) is 11.1 Å². The van der Waals surface area contributed by atoms with Crippen LogP contribution in [0.15, 0.2) is 11.1 Å². The zero-order valence-electron chi connectivity index (χ0n) is 10.7. The molecule has 2 bridgehead atoms. The number of nitrogens with zero attached hydrogens (tertiary/aromatic N) is 1. The Bertz CT molecular complexity index is 401. The van der Waals surface area contributed by atoms with Gasteiger partial charge in [-0.15, -0.1) is 0 Å². The van der Waals surface area contributed by atoms with Gasteiger partial charge in [0.1, 0.15) is 0 Å². The zero-order valence-corrected chi connectivity index (χ0v) is 10.7. The molecule has 0 aromatic rings. The van der Waals surface area contributed by atoms with Crippen LogP contribution in [0.5, 0.6) is 0 Å². The van der Waals surface area contributed by atoms with Gasteiger partial charge in [-0.25, -0.2) is 4.79 Å². The van der Waals surface area contributed by atoms with Crippen molar-refractivity contribution in [2.24, 2.45) is 0 Å². The van der Waals surface area contributed by atoms with Gasteiger partial charge >= 0.3 is 5.97 Å². The Balaban J connectivity index is 2.21. The van der Waals surface area contributed by atoms with Crippen molar-refractivity contribution in [2.45, 2.75) is 57.7 Å². The highest BCUT2D eigenvalue weighted by atomic mass is 16.4. The summed E-state index contributed by atoms with van der Waals surface area (Å²) in [5.74, 6) is -1.24. The molecule has 0 aliphatic carbocycles. The van der Waals surface area contributed by atoms with Gasteiger partial charge < -0.3 is 15.1 Å². The van der Waals surface area contributed by atoms with Crippen LogP contribution >= 0.6 is 0 Å². The molecule has 2 heterocycles. The summed E-state index contributed by atoms with van der Waals surface area (Å²) in [5.41, 5.74) is 0.404. The summed E-state index contributed by atoms with van der Waals surface area (Å²) in [6.07, 6.45) is 2.72. The van der Waals surface area contributed by atoms with E-state index in [1.54, 1.807) is 11.8 Å². The third-order valence-electron chi connectivity index (χ3n) is 4.15. The Morgan fingerprint density at radius 3 is 2.00 bits per heavy atom. The minimum absolute atomic E-state index is 0.0720. The van der Waals surface area contributed by atoms with Gasteiger partial charge in [0.25, 0.3) is 5.91 Å². The minimum atomic E-state index is -1.05.